The zero-order valence-electron chi connectivity index (χ0n) is 12.4. The van der Waals surface area contributed by atoms with Crippen molar-refractivity contribution in [1.29, 1.82) is 0 Å². The first-order valence-electron chi connectivity index (χ1n) is 6.87. The molecule has 0 spiro atoms. The molecule has 21 heavy (non-hydrogen) atoms. The van der Waals surface area contributed by atoms with Gasteiger partial charge in [0, 0.05) is 18.9 Å². The van der Waals surface area contributed by atoms with E-state index in [4.69, 9.17) is 0 Å². The average molecular weight is 311 g/mol. The smallest absolute Gasteiger partial charge is 0.234 e. The van der Waals surface area contributed by atoms with Crippen molar-refractivity contribution in [2.24, 2.45) is 0 Å². The Morgan fingerprint density at radius 3 is 2.86 bits per heavy atom. The summed E-state index contributed by atoms with van der Waals surface area (Å²) in [6.45, 7) is 2.64. The van der Waals surface area contributed by atoms with E-state index in [1.54, 1.807) is 19.3 Å². The van der Waals surface area contributed by atoms with Crippen LogP contribution in [0, 0.1) is 0 Å². The summed E-state index contributed by atoms with van der Waals surface area (Å²) in [5.41, 5.74) is 0.396. The number of hydrogen-bond acceptors (Lipinski definition) is 5. The summed E-state index contributed by atoms with van der Waals surface area (Å²) in [6, 6.07) is 3.81. The van der Waals surface area contributed by atoms with E-state index in [1.165, 1.54) is 0 Å². The van der Waals surface area contributed by atoms with Crippen molar-refractivity contribution >= 4 is 15.7 Å². The fourth-order valence-electron chi connectivity index (χ4n) is 2.59. The van der Waals surface area contributed by atoms with Crippen molar-refractivity contribution < 1.29 is 13.2 Å². The van der Waals surface area contributed by atoms with Crippen molar-refractivity contribution in [3.63, 3.8) is 0 Å². The van der Waals surface area contributed by atoms with Gasteiger partial charge in [-0.25, -0.2) is 8.42 Å². The molecule has 1 saturated heterocycles. The van der Waals surface area contributed by atoms with Gasteiger partial charge in [0.2, 0.25) is 5.91 Å². The predicted molar refractivity (Wildman–Crippen MR) is 80.4 cm³/mol. The van der Waals surface area contributed by atoms with Crippen LogP contribution in [0.5, 0.6) is 0 Å². The highest BCUT2D eigenvalue weighted by atomic mass is 32.2. The minimum absolute atomic E-state index is 0.0259. The minimum Gasteiger partial charge on any atom is -0.349 e. The molecule has 1 aliphatic heterocycles. The first-order chi connectivity index (χ1) is 9.78. The van der Waals surface area contributed by atoms with Gasteiger partial charge in [-0.3, -0.25) is 14.7 Å². The molecule has 0 aliphatic carbocycles. The van der Waals surface area contributed by atoms with Crippen LogP contribution in [0.15, 0.2) is 24.5 Å². The number of carbonyl (C=O) groups is 1. The van der Waals surface area contributed by atoms with Crippen LogP contribution in [-0.4, -0.2) is 54.8 Å². The van der Waals surface area contributed by atoms with E-state index >= 15 is 0 Å². The zero-order chi connectivity index (χ0) is 15.5. The number of amides is 1. The van der Waals surface area contributed by atoms with E-state index in [1.807, 2.05) is 24.1 Å². The summed E-state index contributed by atoms with van der Waals surface area (Å²) in [7, 11) is -1.17. The largest absolute Gasteiger partial charge is 0.349 e. The van der Waals surface area contributed by atoms with Gasteiger partial charge in [0.15, 0.2) is 9.84 Å². The van der Waals surface area contributed by atoms with E-state index in [-0.39, 0.29) is 24.0 Å². The molecule has 6 nitrogen and oxygen atoms in total. The Balaban J connectivity index is 1.84. The molecular weight excluding hydrogens is 290 g/mol. The summed E-state index contributed by atoms with van der Waals surface area (Å²) in [5, 5.41) is 2.85. The Bertz CT molecular complexity index is 603. The van der Waals surface area contributed by atoms with E-state index in [2.05, 4.69) is 10.3 Å². The van der Waals surface area contributed by atoms with E-state index in [9.17, 15) is 13.2 Å². The lowest BCUT2D eigenvalue weighted by Crippen LogP contribution is -2.49. The van der Waals surface area contributed by atoms with Crippen LogP contribution in [-0.2, 0) is 21.2 Å². The maximum absolute atomic E-state index is 12.1. The number of hydrogen-bond donors (Lipinski definition) is 1. The monoisotopic (exact) mass is 311 g/mol. The zero-order valence-corrected chi connectivity index (χ0v) is 13.2. The maximum atomic E-state index is 12.1. The van der Waals surface area contributed by atoms with E-state index in [0.29, 0.717) is 13.0 Å². The molecular formula is C14H21N3O3S. The highest BCUT2D eigenvalue weighted by molar-refractivity contribution is 7.91. The van der Waals surface area contributed by atoms with Crippen LogP contribution in [0.4, 0.5) is 0 Å². The molecule has 1 N–H and O–H groups in total. The fourth-order valence-corrected chi connectivity index (χ4v) is 4.68. The van der Waals surface area contributed by atoms with Gasteiger partial charge in [-0.15, -0.1) is 0 Å². The molecule has 1 aromatic rings. The molecule has 2 rings (SSSR count). The molecule has 0 saturated carbocycles. The van der Waals surface area contributed by atoms with Crippen molar-refractivity contribution in [2.75, 3.05) is 25.1 Å². The van der Waals surface area contributed by atoms with Crippen molar-refractivity contribution in [3.05, 3.63) is 30.1 Å². The number of rotatable bonds is 5. The lowest BCUT2D eigenvalue weighted by atomic mass is 10.0. The number of carbonyl (C=O) groups excluding carboxylic acids is 1. The molecule has 1 fully saturated rings. The summed E-state index contributed by atoms with van der Waals surface area (Å²) < 4.78 is 23.0. The lowest BCUT2D eigenvalue weighted by molar-refractivity contribution is -0.123. The Hall–Kier alpha value is -1.47. The highest BCUT2D eigenvalue weighted by Crippen LogP contribution is 2.22. The predicted octanol–water partition coefficient (Wildman–Crippen LogP) is 0.207. The quantitative estimate of drug-likeness (QED) is 0.841. The molecule has 2 heterocycles. The molecule has 1 aliphatic rings. The first-order valence-corrected chi connectivity index (χ1v) is 8.69. The molecule has 0 aromatic carbocycles. The van der Waals surface area contributed by atoms with Crippen LogP contribution in [0.2, 0.25) is 0 Å². The molecule has 7 heteroatoms. The van der Waals surface area contributed by atoms with Gasteiger partial charge >= 0.3 is 0 Å². The number of likely N-dealkylation sites (N-methyl/N-ethyl adjacent to an activating group) is 1. The second-order valence-corrected chi connectivity index (χ2v) is 8.17. The Morgan fingerprint density at radius 2 is 2.29 bits per heavy atom. The van der Waals surface area contributed by atoms with Gasteiger partial charge in [0.05, 0.1) is 23.6 Å². The molecule has 1 amide bonds. The number of pyridine rings is 1. The molecule has 116 valence electrons. The molecule has 0 radical (unpaired) electrons. The fraction of sp³-hybridized carbons (Fsp3) is 0.571. The highest BCUT2D eigenvalue weighted by Gasteiger charge is 2.39. The van der Waals surface area contributed by atoms with E-state index < -0.39 is 15.4 Å². The van der Waals surface area contributed by atoms with Gasteiger partial charge < -0.3 is 5.32 Å². The van der Waals surface area contributed by atoms with Crippen molar-refractivity contribution in [2.45, 2.75) is 25.4 Å². The summed E-state index contributed by atoms with van der Waals surface area (Å²) in [6.07, 6.45) is 3.95. The SMILES string of the molecule is CN(CC(=O)N[C@@]1(C)CCS(=O)(=O)C1)Cc1cccnc1. The Morgan fingerprint density at radius 1 is 1.52 bits per heavy atom. The standard InChI is InChI=1S/C14H21N3O3S/c1-14(5-7-21(19,20)11-14)16-13(18)10-17(2)9-12-4-3-6-15-8-12/h3-4,6,8H,5,7,9-11H2,1-2H3,(H,16,18)/t14-/m0/s1. The van der Waals surface area contributed by atoms with Crippen molar-refractivity contribution in [1.82, 2.24) is 15.2 Å². The third kappa shape index (κ3) is 4.78. The molecule has 1 aromatic heterocycles. The number of aromatic nitrogens is 1. The second kappa shape index (κ2) is 6.11. The second-order valence-electron chi connectivity index (χ2n) is 5.98. The van der Waals surface area contributed by atoms with Gasteiger partial charge in [-0.2, -0.15) is 0 Å². The number of nitrogens with one attached hydrogen (secondary N) is 1. The third-order valence-electron chi connectivity index (χ3n) is 3.53. The van der Waals surface area contributed by atoms with E-state index in [0.717, 1.165) is 5.56 Å². The van der Waals surface area contributed by atoms with Crippen LogP contribution in [0.1, 0.15) is 18.9 Å². The van der Waals surface area contributed by atoms with Gasteiger partial charge in [0.25, 0.3) is 0 Å². The van der Waals surface area contributed by atoms with Crippen LogP contribution in [0.25, 0.3) is 0 Å². The van der Waals surface area contributed by atoms with Crippen molar-refractivity contribution in [3.8, 4) is 0 Å². The molecule has 0 bridgehead atoms. The maximum Gasteiger partial charge on any atom is 0.234 e. The number of nitrogens with zero attached hydrogens (tertiary/aromatic N) is 2. The summed E-state index contributed by atoms with van der Waals surface area (Å²) >= 11 is 0. The topological polar surface area (TPSA) is 79.4 Å². The number of sulfone groups is 1. The summed E-state index contributed by atoms with van der Waals surface area (Å²) in [5.74, 6) is 0.0221. The third-order valence-corrected chi connectivity index (χ3v) is 5.44. The van der Waals surface area contributed by atoms with Crippen LogP contribution < -0.4 is 5.32 Å². The molecule has 0 unspecified atom stereocenters. The minimum atomic E-state index is -3.01. The Labute approximate surface area is 125 Å². The Kier molecular flexibility index (Phi) is 4.63. The van der Waals surface area contributed by atoms with Gasteiger partial charge in [0.1, 0.15) is 0 Å². The molecule has 1 atom stereocenters. The first kappa shape index (κ1) is 15.9. The van der Waals surface area contributed by atoms with Gasteiger partial charge in [-0.05, 0) is 32.0 Å². The lowest BCUT2D eigenvalue weighted by Gasteiger charge is -2.25. The average Bonchev–Trinajstić information content (AvgIpc) is 2.63. The van der Waals surface area contributed by atoms with Crippen LogP contribution >= 0.6 is 0 Å². The van der Waals surface area contributed by atoms with Gasteiger partial charge in [-0.1, -0.05) is 6.07 Å². The normalized spacial score (nSPS) is 24.1. The summed E-state index contributed by atoms with van der Waals surface area (Å²) in [4.78, 5) is 18.0. The van der Waals surface area contributed by atoms with Crippen LogP contribution in [0.3, 0.4) is 0 Å².